The minimum absolute atomic E-state index is 0.221. The fourth-order valence-corrected chi connectivity index (χ4v) is 4.74. The van der Waals surface area contributed by atoms with Crippen LogP contribution in [0.1, 0.15) is 30.9 Å². The van der Waals surface area contributed by atoms with Crippen LogP contribution in [0.5, 0.6) is 0 Å². The van der Waals surface area contributed by atoms with E-state index in [0.717, 1.165) is 17.5 Å². The summed E-state index contributed by atoms with van der Waals surface area (Å²) in [6.07, 6.45) is 1.85. The zero-order valence-corrected chi connectivity index (χ0v) is 21.4. The largest absolute Gasteiger partial charge is 0.357 e. The molecule has 1 heterocycles. The maximum atomic E-state index is 13.8. The molecule has 188 valence electrons. The van der Waals surface area contributed by atoms with Gasteiger partial charge < -0.3 is 15.5 Å². The number of carbonyl (C=O) groups excluding carboxylic acids is 3. The van der Waals surface area contributed by atoms with Crippen LogP contribution in [0.15, 0.2) is 60.7 Å². The summed E-state index contributed by atoms with van der Waals surface area (Å²) in [4.78, 5) is 43.4. The van der Waals surface area contributed by atoms with Gasteiger partial charge in [-0.15, -0.1) is 0 Å². The predicted molar refractivity (Wildman–Crippen MR) is 141 cm³/mol. The summed E-state index contributed by atoms with van der Waals surface area (Å²) in [7, 11) is 1.58. The number of hydrogen-bond acceptors (Lipinski definition) is 5. The molecule has 7 nitrogen and oxygen atoms in total. The molecule has 3 atom stereocenters. The number of rotatable bonds is 10. The fourth-order valence-electron chi connectivity index (χ4n) is 4.41. The van der Waals surface area contributed by atoms with Crippen LogP contribution in [0.25, 0.3) is 0 Å². The van der Waals surface area contributed by atoms with Gasteiger partial charge in [0.25, 0.3) is 0 Å². The molecular formula is C27H36N4O3S. The fraction of sp³-hybridized carbons (Fsp3) is 0.444. The van der Waals surface area contributed by atoms with E-state index >= 15 is 0 Å². The van der Waals surface area contributed by atoms with E-state index in [-0.39, 0.29) is 17.7 Å². The molecule has 3 rings (SSSR count). The Morgan fingerprint density at radius 2 is 1.63 bits per heavy atom. The lowest BCUT2D eigenvalue weighted by molar-refractivity contribution is -0.142. The van der Waals surface area contributed by atoms with Crippen molar-refractivity contribution in [3.8, 4) is 0 Å². The van der Waals surface area contributed by atoms with E-state index in [1.165, 1.54) is 0 Å². The minimum Gasteiger partial charge on any atom is -0.357 e. The van der Waals surface area contributed by atoms with Crippen molar-refractivity contribution in [1.82, 2.24) is 20.4 Å². The molecule has 0 bridgehead atoms. The number of hydrogen-bond donors (Lipinski definition) is 3. The van der Waals surface area contributed by atoms with Crippen molar-refractivity contribution in [2.75, 3.05) is 26.7 Å². The molecule has 1 aliphatic heterocycles. The van der Waals surface area contributed by atoms with Gasteiger partial charge in [-0.2, -0.15) is 12.6 Å². The van der Waals surface area contributed by atoms with E-state index in [4.69, 9.17) is 0 Å². The summed E-state index contributed by atoms with van der Waals surface area (Å²) in [5.74, 6) is -0.716. The van der Waals surface area contributed by atoms with Gasteiger partial charge in [0.1, 0.15) is 12.1 Å². The molecule has 1 fully saturated rings. The molecule has 0 aromatic heterocycles. The van der Waals surface area contributed by atoms with Crippen LogP contribution in [-0.2, 0) is 27.3 Å². The molecule has 0 radical (unpaired) electrons. The van der Waals surface area contributed by atoms with Crippen LogP contribution in [0.2, 0.25) is 0 Å². The second kappa shape index (κ2) is 13.3. The Bertz CT molecular complexity index is 973. The van der Waals surface area contributed by atoms with Crippen molar-refractivity contribution in [3.05, 3.63) is 71.8 Å². The van der Waals surface area contributed by atoms with Crippen LogP contribution < -0.4 is 10.6 Å². The van der Waals surface area contributed by atoms with Crippen molar-refractivity contribution in [2.45, 2.75) is 50.1 Å². The van der Waals surface area contributed by atoms with Crippen molar-refractivity contribution >= 4 is 30.4 Å². The SMILES string of the molecule is CCCC(S)C(=O)N[C@H]1CN(Cc2ccccc2)CCN([C@@H](Cc2ccccc2)C(=O)NC)C1=O. The van der Waals surface area contributed by atoms with Crippen LogP contribution in [0.4, 0.5) is 0 Å². The van der Waals surface area contributed by atoms with Crippen LogP contribution in [0, 0.1) is 0 Å². The maximum Gasteiger partial charge on any atom is 0.247 e. The highest BCUT2D eigenvalue weighted by molar-refractivity contribution is 7.81. The van der Waals surface area contributed by atoms with Crippen LogP contribution >= 0.6 is 12.6 Å². The number of amides is 3. The summed E-state index contributed by atoms with van der Waals surface area (Å²) >= 11 is 4.43. The first kappa shape index (κ1) is 26.8. The summed E-state index contributed by atoms with van der Waals surface area (Å²) in [6.45, 7) is 4.00. The quantitative estimate of drug-likeness (QED) is 0.441. The first-order chi connectivity index (χ1) is 16.9. The first-order valence-corrected chi connectivity index (χ1v) is 12.7. The molecule has 0 aliphatic carbocycles. The Balaban J connectivity index is 1.87. The van der Waals surface area contributed by atoms with Gasteiger partial charge in [0.15, 0.2) is 0 Å². The second-order valence-electron chi connectivity index (χ2n) is 8.94. The number of thiol groups is 1. The molecule has 8 heteroatoms. The molecule has 1 aliphatic rings. The molecule has 1 unspecified atom stereocenters. The topological polar surface area (TPSA) is 81.8 Å². The zero-order chi connectivity index (χ0) is 25.2. The lowest BCUT2D eigenvalue weighted by atomic mass is 10.0. The number of nitrogens with one attached hydrogen (secondary N) is 2. The van der Waals surface area contributed by atoms with Gasteiger partial charge in [0.2, 0.25) is 17.7 Å². The molecule has 1 saturated heterocycles. The number of benzene rings is 2. The molecule has 35 heavy (non-hydrogen) atoms. The van der Waals surface area contributed by atoms with Crippen molar-refractivity contribution in [2.24, 2.45) is 0 Å². The average molecular weight is 497 g/mol. The Morgan fingerprint density at radius 1 is 1.00 bits per heavy atom. The number of carbonyl (C=O) groups is 3. The Hall–Kier alpha value is -2.84. The van der Waals surface area contributed by atoms with Gasteiger partial charge in [0.05, 0.1) is 5.25 Å². The normalized spacial score (nSPS) is 18.4. The smallest absolute Gasteiger partial charge is 0.247 e. The first-order valence-electron chi connectivity index (χ1n) is 12.2. The maximum absolute atomic E-state index is 13.8. The highest BCUT2D eigenvalue weighted by Crippen LogP contribution is 2.17. The average Bonchev–Trinajstić information content (AvgIpc) is 3.02. The van der Waals surface area contributed by atoms with E-state index in [0.29, 0.717) is 39.0 Å². The van der Waals surface area contributed by atoms with Crippen LogP contribution in [-0.4, -0.2) is 71.5 Å². The van der Waals surface area contributed by atoms with E-state index in [1.54, 1.807) is 11.9 Å². The third kappa shape index (κ3) is 7.57. The van der Waals surface area contributed by atoms with Gasteiger partial charge in [-0.1, -0.05) is 74.0 Å². The molecule has 0 saturated carbocycles. The number of likely N-dealkylation sites (N-methyl/N-ethyl adjacent to an activating group) is 1. The Morgan fingerprint density at radius 3 is 2.23 bits per heavy atom. The predicted octanol–water partition coefficient (Wildman–Crippen LogP) is 2.27. The van der Waals surface area contributed by atoms with Gasteiger partial charge in [-0.25, -0.2) is 0 Å². The van der Waals surface area contributed by atoms with E-state index < -0.39 is 17.3 Å². The number of nitrogens with zero attached hydrogens (tertiary/aromatic N) is 2. The summed E-state index contributed by atoms with van der Waals surface area (Å²) in [5.41, 5.74) is 2.10. The third-order valence-corrected chi connectivity index (χ3v) is 6.80. The molecule has 2 aromatic carbocycles. The highest BCUT2D eigenvalue weighted by Gasteiger charge is 2.38. The molecular weight excluding hydrogens is 460 g/mol. The van der Waals surface area contributed by atoms with Gasteiger partial charge in [-0.3, -0.25) is 19.3 Å². The Kier molecular flexibility index (Phi) is 10.2. The molecule has 3 amide bonds. The van der Waals surface area contributed by atoms with Gasteiger partial charge in [-0.05, 0) is 17.5 Å². The summed E-state index contributed by atoms with van der Waals surface area (Å²) in [6, 6.07) is 18.3. The molecule has 2 N–H and O–H groups in total. The lowest BCUT2D eigenvalue weighted by Crippen LogP contribution is -2.57. The standard InChI is InChI=1S/C27H36N4O3S/c1-3-10-24(35)26(33)29-22-19-30(18-21-13-8-5-9-14-21)15-16-31(27(22)34)23(25(32)28-2)17-20-11-6-4-7-12-20/h4-9,11-14,22-24,35H,3,10,15-19H2,1-2H3,(H,28,32)(H,29,33)/t22-,23-,24?/m0/s1. The Labute approximate surface area is 213 Å². The van der Waals surface area contributed by atoms with Crippen LogP contribution in [0.3, 0.4) is 0 Å². The highest BCUT2D eigenvalue weighted by atomic mass is 32.1. The van der Waals surface area contributed by atoms with Gasteiger partial charge >= 0.3 is 0 Å². The summed E-state index contributed by atoms with van der Waals surface area (Å²) in [5, 5.41) is 5.17. The molecule has 2 aromatic rings. The van der Waals surface area contributed by atoms with E-state index in [2.05, 4.69) is 28.2 Å². The monoisotopic (exact) mass is 496 g/mol. The second-order valence-corrected chi connectivity index (χ2v) is 9.56. The summed E-state index contributed by atoms with van der Waals surface area (Å²) < 4.78 is 0. The van der Waals surface area contributed by atoms with Crippen molar-refractivity contribution in [1.29, 1.82) is 0 Å². The minimum atomic E-state index is -0.761. The lowest BCUT2D eigenvalue weighted by Gasteiger charge is -2.31. The van der Waals surface area contributed by atoms with Gasteiger partial charge in [0, 0.05) is 39.6 Å². The third-order valence-electron chi connectivity index (χ3n) is 6.31. The molecule has 0 spiro atoms. The van der Waals surface area contributed by atoms with Crippen molar-refractivity contribution < 1.29 is 14.4 Å². The van der Waals surface area contributed by atoms with E-state index in [1.807, 2.05) is 67.6 Å². The zero-order valence-electron chi connectivity index (χ0n) is 20.5. The van der Waals surface area contributed by atoms with Crippen molar-refractivity contribution in [3.63, 3.8) is 0 Å². The van der Waals surface area contributed by atoms with E-state index in [9.17, 15) is 14.4 Å².